The average Bonchev–Trinajstić information content (AvgIpc) is 2.49. The van der Waals surface area contributed by atoms with Gasteiger partial charge in [0.15, 0.2) is 6.10 Å². The summed E-state index contributed by atoms with van der Waals surface area (Å²) in [6.45, 7) is -0.139. The molecule has 1 amide bonds. The van der Waals surface area contributed by atoms with Crippen LogP contribution < -0.4 is 0 Å². The molecule has 0 aromatic rings. The fraction of sp³-hybridized carbons (Fsp3) is 0.333. The molecule has 0 N–H and O–H groups in total. The number of carbonyl (C=O) groups excluding carboxylic acids is 2. The molecule has 1 atom stereocenters. The summed E-state index contributed by atoms with van der Waals surface area (Å²) in [5.41, 5.74) is 7.83. The van der Waals surface area contributed by atoms with Crippen molar-refractivity contribution < 1.29 is 19.1 Å². The molecule has 0 spiro atoms. The molecule has 68 valence electrons. The zero-order valence-electron chi connectivity index (χ0n) is 6.41. The van der Waals surface area contributed by atoms with Crippen LogP contribution in [0, 0.1) is 0 Å². The molecule has 1 aliphatic rings. The third-order valence-electron chi connectivity index (χ3n) is 1.21. The molecule has 0 aromatic heterocycles. The van der Waals surface area contributed by atoms with Gasteiger partial charge in [0.2, 0.25) is 0 Å². The number of carbonyl (C=O) groups is 2. The normalized spacial score (nSPS) is 19.1. The van der Waals surface area contributed by atoms with E-state index in [9.17, 15) is 9.59 Å². The standard InChI is InChI=1S/C6H5N3O4/c7-9-8-6(11)12-3-4-1-2-5(10)13-4/h1-2,4H,3H2. The van der Waals surface area contributed by atoms with E-state index >= 15 is 0 Å². The molecule has 1 rings (SSSR count). The molecular formula is C6H5N3O4. The van der Waals surface area contributed by atoms with Crippen LogP contribution in [0.4, 0.5) is 4.79 Å². The lowest BCUT2D eigenvalue weighted by Crippen LogP contribution is -2.16. The highest BCUT2D eigenvalue weighted by atomic mass is 16.6. The summed E-state index contributed by atoms with van der Waals surface area (Å²) < 4.78 is 9.05. The summed E-state index contributed by atoms with van der Waals surface area (Å²) in [6.07, 6.45) is 1.06. The number of rotatable bonds is 2. The molecule has 0 bridgehead atoms. The van der Waals surface area contributed by atoms with Gasteiger partial charge >= 0.3 is 12.1 Å². The third-order valence-corrected chi connectivity index (χ3v) is 1.21. The number of hydrogen-bond acceptors (Lipinski definition) is 4. The van der Waals surface area contributed by atoms with Crippen molar-refractivity contribution in [3.8, 4) is 0 Å². The lowest BCUT2D eigenvalue weighted by Gasteiger charge is -2.06. The van der Waals surface area contributed by atoms with Gasteiger partial charge in [-0.3, -0.25) is 0 Å². The van der Waals surface area contributed by atoms with Crippen molar-refractivity contribution in [1.29, 1.82) is 0 Å². The molecule has 7 heteroatoms. The maximum atomic E-state index is 10.5. The highest BCUT2D eigenvalue weighted by molar-refractivity contribution is 5.84. The van der Waals surface area contributed by atoms with E-state index in [0.29, 0.717) is 0 Å². The Balaban J connectivity index is 2.28. The Morgan fingerprint density at radius 1 is 1.85 bits per heavy atom. The maximum Gasteiger partial charge on any atom is 0.396 e. The molecule has 1 unspecified atom stereocenters. The summed E-state index contributed by atoms with van der Waals surface area (Å²) in [5.74, 6) is -0.482. The Hall–Kier alpha value is -2.01. The van der Waals surface area contributed by atoms with E-state index in [2.05, 4.69) is 19.5 Å². The third kappa shape index (κ3) is 2.84. The predicted octanol–water partition coefficient (Wildman–Crippen LogP) is 0.915. The van der Waals surface area contributed by atoms with Crippen molar-refractivity contribution in [2.45, 2.75) is 6.10 Å². The second kappa shape index (κ2) is 4.13. The molecule has 0 saturated carbocycles. The predicted molar refractivity (Wildman–Crippen MR) is 39.5 cm³/mol. The van der Waals surface area contributed by atoms with Crippen LogP contribution in [-0.4, -0.2) is 24.8 Å². The zero-order valence-corrected chi connectivity index (χ0v) is 6.41. The average molecular weight is 183 g/mol. The summed E-state index contributed by atoms with van der Waals surface area (Å²) in [7, 11) is 0. The Kier molecular flexibility index (Phi) is 2.88. The van der Waals surface area contributed by atoms with Crippen molar-refractivity contribution in [3.05, 3.63) is 22.6 Å². The quantitative estimate of drug-likeness (QED) is 0.275. The van der Waals surface area contributed by atoms with Crippen molar-refractivity contribution in [1.82, 2.24) is 0 Å². The molecule has 1 heterocycles. The van der Waals surface area contributed by atoms with E-state index in [4.69, 9.17) is 5.53 Å². The minimum atomic E-state index is -1.04. The molecule has 0 aromatic carbocycles. The van der Waals surface area contributed by atoms with E-state index in [1.54, 1.807) is 0 Å². The SMILES string of the molecule is [N-]=[N+]=NC(=O)OCC1C=CC(=O)O1. The highest BCUT2D eigenvalue weighted by Crippen LogP contribution is 2.05. The number of hydrogen-bond donors (Lipinski definition) is 0. The van der Waals surface area contributed by atoms with Crippen molar-refractivity contribution >= 4 is 12.1 Å². The zero-order chi connectivity index (χ0) is 9.68. The number of ether oxygens (including phenoxy) is 2. The van der Waals surface area contributed by atoms with Gasteiger partial charge in [0.25, 0.3) is 0 Å². The molecule has 0 fully saturated rings. The van der Waals surface area contributed by atoms with Crippen LogP contribution >= 0.6 is 0 Å². The topological polar surface area (TPSA) is 101 Å². The molecule has 0 radical (unpaired) electrons. The number of nitrogens with zero attached hydrogens (tertiary/aromatic N) is 3. The molecule has 7 nitrogen and oxygen atoms in total. The Bertz CT molecular complexity index is 305. The van der Waals surface area contributed by atoms with Crippen LogP contribution in [0.2, 0.25) is 0 Å². The Morgan fingerprint density at radius 3 is 3.15 bits per heavy atom. The number of cyclic esters (lactones) is 1. The van der Waals surface area contributed by atoms with Crippen LogP contribution in [-0.2, 0) is 14.3 Å². The van der Waals surface area contributed by atoms with Crippen LogP contribution in [0.1, 0.15) is 0 Å². The first-order valence-corrected chi connectivity index (χ1v) is 3.33. The first kappa shape index (κ1) is 9.08. The van der Waals surface area contributed by atoms with Crippen LogP contribution in [0.15, 0.2) is 17.3 Å². The van der Waals surface area contributed by atoms with Gasteiger partial charge < -0.3 is 9.47 Å². The molecular weight excluding hydrogens is 178 g/mol. The van der Waals surface area contributed by atoms with Gasteiger partial charge in [-0.2, -0.15) is 0 Å². The lowest BCUT2D eigenvalue weighted by molar-refractivity contribution is -0.139. The molecule has 0 aliphatic carbocycles. The minimum Gasteiger partial charge on any atom is -0.457 e. The van der Waals surface area contributed by atoms with Gasteiger partial charge in [-0.05, 0) is 11.6 Å². The minimum absolute atomic E-state index is 0.139. The maximum absolute atomic E-state index is 10.5. The summed E-state index contributed by atoms with van der Waals surface area (Å²) in [6, 6.07) is 0. The number of esters is 1. The second-order valence-corrected chi connectivity index (χ2v) is 2.10. The van der Waals surface area contributed by atoms with Gasteiger partial charge in [0.1, 0.15) is 6.61 Å². The van der Waals surface area contributed by atoms with E-state index < -0.39 is 18.2 Å². The fourth-order valence-electron chi connectivity index (χ4n) is 0.722. The van der Waals surface area contributed by atoms with Gasteiger partial charge in [-0.1, -0.05) is 0 Å². The number of azide groups is 1. The largest absolute Gasteiger partial charge is 0.457 e. The molecule has 13 heavy (non-hydrogen) atoms. The highest BCUT2D eigenvalue weighted by Gasteiger charge is 2.17. The van der Waals surface area contributed by atoms with Crippen LogP contribution in [0.5, 0.6) is 0 Å². The van der Waals surface area contributed by atoms with Crippen LogP contribution in [0.25, 0.3) is 10.4 Å². The van der Waals surface area contributed by atoms with E-state index in [1.165, 1.54) is 12.2 Å². The van der Waals surface area contributed by atoms with E-state index in [1.807, 2.05) is 0 Å². The smallest absolute Gasteiger partial charge is 0.396 e. The molecule has 0 saturated heterocycles. The first-order valence-electron chi connectivity index (χ1n) is 3.33. The van der Waals surface area contributed by atoms with Crippen molar-refractivity contribution in [2.75, 3.05) is 6.61 Å². The van der Waals surface area contributed by atoms with Gasteiger partial charge in [-0.15, -0.1) is 0 Å². The van der Waals surface area contributed by atoms with Gasteiger partial charge in [0.05, 0.1) is 0 Å². The lowest BCUT2D eigenvalue weighted by atomic mass is 10.4. The molecule has 1 aliphatic heterocycles. The second-order valence-electron chi connectivity index (χ2n) is 2.10. The van der Waals surface area contributed by atoms with Gasteiger partial charge in [0, 0.05) is 16.1 Å². The Labute approximate surface area is 72.6 Å². The van der Waals surface area contributed by atoms with Crippen LogP contribution in [0.3, 0.4) is 0 Å². The fourth-order valence-corrected chi connectivity index (χ4v) is 0.722. The first-order chi connectivity index (χ1) is 6.22. The van der Waals surface area contributed by atoms with Crippen molar-refractivity contribution in [3.63, 3.8) is 0 Å². The van der Waals surface area contributed by atoms with E-state index in [0.717, 1.165) is 0 Å². The van der Waals surface area contributed by atoms with Crippen molar-refractivity contribution in [2.24, 2.45) is 5.11 Å². The summed E-state index contributed by atoms with van der Waals surface area (Å²) in [4.78, 5) is 23.2. The van der Waals surface area contributed by atoms with E-state index in [-0.39, 0.29) is 6.61 Å². The monoisotopic (exact) mass is 183 g/mol. The Morgan fingerprint density at radius 2 is 2.62 bits per heavy atom. The summed E-state index contributed by atoms with van der Waals surface area (Å²) in [5, 5.41) is 2.66. The number of amides is 1. The summed E-state index contributed by atoms with van der Waals surface area (Å²) >= 11 is 0. The van der Waals surface area contributed by atoms with Gasteiger partial charge in [-0.25, -0.2) is 9.59 Å².